The van der Waals surface area contributed by atoms with E-state index in [1.807, 2.05) is 214 Å². The topological polar surface area (TPSA) is 411 Å². The summed E-state index contributed by atoms with van der Waals surface area (Å²) in [6, 6.07) is 52.2. The standard InChI is InChI=1S/C104H133N11O17S.4H2S/c1-66(2)51-84(105)87(118)56-74(63-129-99(7,8)9)95(124)109-61-82(117)53-71(37-36-50-107-98(106)114-133(127,128)93-69(5)68(4)92-83(70(93)6)59-102(16,17)132-92)96(125)112-86(64-130-100(10,11)12)89(120)55-73(57-91(122)131-101(13,14)15)97(126)111-85(58-90(121)113-103(75-38-24-18-25-39-75,76-40-26-19-27-41-76)77-42-28-20-29-43-77)88(119)54-72(94(123)108-60-67(3)116)52-81-62-115(65-110-81)104(78-44-30-21-31-45-78,79-46-32-22-33-47-79)80-48-34-23-35-49-80;;;;/h18-35,38-49,62,65-66,71-74,84-86H,36-37,50-61,63-64,105H2,1-17H3,(H,108,123)(H,109,124)(H,111,126)(H,112,125)(H,113,121)(H3,106,107,114);4*1H2/t71-,72-,73+,74+,84+,85+,86+;;;;/m1..../s1. The minimum absolute atomic E-state index is 0. The van der Waals surface area contributed by atoms with E-state index in [1.165, 1.54) is 6.92 Å². The third-order valence-electron chi connectivity index (χ3n) is 23.3. The molecule has 1 aliphatic rings. The molecule has 137 heavy (non-hydrogen) atoms. The molecule has 8 aromatic rings. The molecule has 10 N–H and O–H groups in total. The summed E-state index contributed by atoms with van der Waals surface area (Å²) < 4.78 is 57.2. The van der Waals surface area contributed by atoms with Crippen molar-refractivity contribution in [1.29, 1.82) is 5.41 Å². The summed E-state index contributed by atoms with van der Waals surface area (Å²) in [5, 5.41) is 25.8. The van der Waals surface area contributed by atoms with Crippen LogP contribution in [0.2, 0.25) is 0 Å². The second-order valence-corrected chi connectivity index (χ2v) is 40.3. The van der Waals surface area contributed by atoms with Gasteiger partial charge in [0.25, 0.3) is 10.0 Å². The number of imidazole rings is 1. The van der Waals surface area contributed by atoms with Crippen molar-refractivity contribution in [2.24, 2.45) is 35.3 Å². The van der Waals surface area contributed by atoms with Gasteiger partial charge in [0.05, 0.1) is 97.1 Å². The van der Waals surface area contributed by atoms with Crippen LogP contribution in [0.3, 0.4) is 0 Å². The summed E-state index contributed by atoms with van der Waals surface area (Å²) in [7, 11) is -4.41. The molecular formula is C104H141N11O17S5. The smallest absolute Gasteiger partial charge is 0.307 e. The maximum atomic E-state index is 16.1. The molecule has 1 aliphatic heterocycles. The minimum atomic E-state index is -4.41. The lowest BCUT2D eigenvalue weighted by Gasteiger charge is -2.37. The number of guanidine groups is 1. The van der Waals surface area contributed by atoms with Crippen LogP contribution in [0, 0.1) is 55.8 Å². The number of ketones is 5. The largest absolute Gasteiger partial charge is 0.487 e. The van der Waals surface area contributed by atoms with Crippen LogP contribution in [0.5, 0.6) is 5.75 Å². The molecule has 2 heterocycles. The van der Waals surface area contributed by atoms with E-state index < -0.39 is 207 Å². The Morgan fingerprint density at radius 2 is 0.971 bits per heavy atom. The third-order valence-corrected chi connectivity index (χ3v) is 24.9. The van der Waals surface area contributed by atoms with E-state index in [9.17, 15) is 37.2 Å². The Morgan fingerprint density at radius 3 is 1.45 bits per heavy atom. The van der Waals surface area contributed by atoms with Crippen LogP contribution in [0.25, 0.3) is 0 Å². The number of ether oxygens (including phenoxy) is 4. The number of sulfonamides is 1. The number of fused-ring (bicyclic) bond motifs is 1. The Balaban J connectivity index is 0.00000828. The number of aromatic nitrogens is 2. The average molecular weight is 1980 g/mol. The van der Waals surface area contributed by atoms with E-state index in [0.29, 0.717) is 57.7 Å². The van der Waals surface area contributed by atoms with Crippen molar-refractivity contribution in [2.75, 3.05) is 32.8 Å². The molecule has 1 aromatic heterocycles. The van der Waals surface area contributed by atoms with Crippen LogP contribution in [0.4, 0.5) is 0 Å². The van der Waals surface area contributed by atoms with Crippen molar-refractivity contribution in [3.05, 3.63) is 256 Å². The summed E-state index contributed by atoms with van der Waals surface area (Å²) in [4.78, 5) is 168. The molecule has 7 atom stereocenters. The van der Waals surface area contributed by atoms with Crippen molar-refractivity contribution >= 4 is 134 Å². The normalized spacial score (nSPS) is 13.9. The molecule has 9 rings (SSSR count). The van der Waals surface area contributed by atoms with Gasteiger partial charge in [0.2, 0.25) is 35.5 Å². The van der Waals surface area contributed by atoms with E-state index in [0.717, 1.165) is 22.3 Å². The van der Waals surface area contributed by atoms with Crippen LogP contribution >= 0.6 is 54.0 Å². The van der Waals surface area contributed by atoms with Gasteiger partial charge in [0, 0.05) is 62.7 Å². The molecule has 7 aromatic carbocycles. The summed E-state index contributed by atoms with van der Waals surface area (Å²) in [6.45, 7) is 27.2. The van der Waals surface area contributed by atoms with Crippen LogP contribution in [-0.4, -0.2) is 162 Å². The zero-order chi connectivity index (χ0) is 97.6. The maximum Gasteiger partial charge on any atom is 0.307 e. The number of carbonyl (C=O) groups excluding carboxylic acids is 11. The van der Waals surface area contributed by atoms with Crippen molar-refractivity contribution in [1.82, 2.24) is 46.2 Å². The first kappa shape index (κ1) is 117. The molecule has 0 spiro atoms. The monoisotopic (exact) mass is 1980 g/mol. The number of hydrogen-bond donors (Lipinski definition) is 9. The van der Waals surface area contributed by atoms with Crippen LogP contribution in [-0.2, 0) is 101 Å². The maximum absolute atomic E-state index is 16.1. The molecule has 0 saturated heterocycles. The highest BCUT2D eigenvalue weighted by atomic mass is 32.2. The fourth-order valence-corrected chi connectivity index (χ4v) is 18.3. The molecule has 28 nitrogen and oxygen atoms in total. The van der Waals surface area contributed by atoms with Gasteiger partial charge < -0.3 is 61.1 Å². The van der Waals surface area contributed by atoms with Crippen molar-refractivity contribution < 1.29 is 80.1 Å². The van der Waals surface area contributed by atoms with Crippen LogP contribution in [0.1, 0.15) is 216 Å². The van der Waals surface area contributed by atoms with Gasteiger partial charge in [0.1, 0.15) is 45.6 Å². The third kappa shape index (κ3) is 32.9. The highest BCUT2D eigenvalue weighted by Gasteiger charge is 2.45. The molecule has 0 aliphatic carbocycles. The fourth-order valence-electron chi connectivity index (χ4n) is 16.8. The average Bonchev–Trinajstić information content (AvgIpc) is 1.74. The fraction of sp³-hybridized carbons (Fsp3) is 0.452. The molecule has 0 unspecified atom stereocenters. The van der Waals surface area contributed by atoms with Crippen molar-refractivity contribution in [3.8, 4) is 5.75 Å². The number of esters is 1. The number of Topliss-reactive ketones (excluding diaryl/α,β-unsaturated/α-hetero) is 5. The Kier molecular flexibility index (Phi) is 44.1. The Bertz CT molecular complexity index is 5350. The van der Waals surface area contributed by atoms with E-state index in [4.69, 9.17) is 35.1 Å². The van der Waals surface area contributed by atoms with Crippen LogP contribution < -0.4 is 47.1 Å². The van der Waals surface area contributed by atoms with Gasteiger partial charge in [-0.1, -0.05) is 196 Å². The van der Waals surface area contributed by atoms with E-state index in [2.05, 4.69) is 36.6 Å². The number of amides is 5. The molecule has 0 saturated carbocycles. The molecule has 0 bridgehead atoms. The first-order chi connectivity index (χ1) is 62.6. The number of nitrogens with one attached hydrogen (secondary N) is 8. The lowest BCUT2D eigenvalue weighted by molar-refractivity contribution is -0.158. The van der Waals surface area contributed by atoms with Gasteiger partial charge in [-0.15, -0.1) is 0 Å². The van der Waals surface area contributed by atoms with Gasteiger partial charge in [-0.2, -0.15) is 54.0 Å². The predicted octanol–water partition coefficient (Wildman–Crippen LogP) is 13.0. The highest BCUT2D eigenvalue weighted by molar-refractivity contribution is 7.90. The van der Waals surface area contributed by atoms with Gasteiger partial charge >= 0.3 is 5.97 Å². The molecule has 0 fully saturated rings. The van der Waals surface area contributed by atoms with E-state index in [-0.39, 0.29) is 104 Å². The van der Waals surface area contributed by atoms with Crippen molar-refractivity contribution in [3.63, 3.8) is 0 Å². The zero-order valence-electron chi connectivity index (χ0n) is 81.7. The first-order valence-electron chi connectivity index (χ1n) is 45.4. The van der Waals surface area contributed by atoms with Gasteiger partial charge in [-0.05, 0) is 179 Å². The lowest BCUT2D eigenvalue weighted by atomic mass is 9.76. The highest BCUT2D eigenvalue weighted by Crippen LogP contribution is 2.45. The second-order valence-electron chi connectivity index (χ2n) is 38.7. The molecule has 33 heteroatoms. The zero-order valence-corrected chi connectivity index (χ0v) is 86.5. The quantitative estimate of drug-likeness (QED) is 0.00562. The second kappa shape index (κ2) is 51.8. The molecule has 0 radical (unpaired) electrons. The van der Waals surface area contributed by atoms with Crippen molar-refractivity contribution in [2.45, 2.75) is 245 Å². The molecule has 5 amide bonds. The summed E-state index contributed by atoms with van der Waals surface area (Å²) in [5.74, 6) is -14.0. The van der Waals surface area contributed by atoms with Crippen LogP contribution in [0.15, 0.2) is 199 Å². The number of carbonyl (C=O) groups is 11. The Labute approximate surface area is 835 Å². The number of nitrogens with zero attached hydrogens (tertiary/aromatic N) is 2. The number of benzene rings is 7. The summed E-state index contributed by atoms with van der Waals surface area (Å²) >= 11 is 0. The first-order valence-corrected chi connectivity index (χ1v) is 46.9. The number of rotatable bonds is 47. The predicted molar refractivity (Wildman–Crippen MR) is 551 cm³/mol. The van der Waals surface area contributed by atoms with Gasteiger partial charge in [0.15, 0.2) is 17.3 Å². The van der Waals surface area contributed by atoms with Gasteiger partial charge in [-0.25, -0.2) is 18.1 Å². The Morgan fingerprint density at radius 1 is 0.526 bits per heavy atom. The SMILES string of the molecule is CC(=O)CNC(=O)[C@@H](CC(=O)[C@H](CC(=O)NC(c1ccccc1)(c1ccccc1)c1ccccc1)NC(=O)[C@H](CC(=O)OC(C)(C)C)CC(=O)[C@H](COC(C)(C)C)NC(=O)[C@H](CCCNC(=N)NS(=O)(=O)c1c(C)c(C)c2c(c1C)CC(C)(C)O2)CC(=O)CNC(=O)[C@H](COC(C)(C)C)CC(=O)[C@@H](N)CC(C)C)Cc1cn(C(c2ccccc2)(c2ccccc2)c2ccccc2)cn1.S.S.S.S. The molecular weight excluding hydrogens is 1840 g/mol. The number of hydrogen-bond acceptors (Lipinski definition) is 20. The molecule has 744 valence electrons. The van der Waals surface area contributed by atoms with E-state index in [1.54, 1.807) is 95.6 Å². The Hall–Kier alpha value is -10.8. The number of nitrogens with two attached hydrogens (primary N) is 1. The summed E-state index contributed by atoms with van der Waals surface area (Å²) in [5.41, 5.74) is 7.19. The van der Waals surface area contributed by atoms with E-state index >= 15 is 24.0 Å². The summed E-state index contributed by atoms with van der Waals surface area (Å²) in [6.07, 6.45) is -0.377. The van der Waals surface area contributed by atoms with Gasteiger partial charge in [-0.3, -0.25) is 58.1 Å². The minimum Gasteiger partial charge on any atom is -0.487 e. The lowest BCUT2D eigenvalue weighted by Crippen LogP contribution is -2.53.